The molecule has 1 heterocycles. The Morgan fingerprint density at radius 2 is 2.04 bits per heavy atom. The summed E-state index contributed by atoms with van der Waals surface area (Å²) >= 11 is 0. The van der Waals surface area contributed by atoms with Crippen molar-refractivity contribution in [1.29, 1.82) is 0 Å². The van der Waals surface area contributed by atoms with Gasteiger partial charge in [-0.05, 0) is 37.8 Å². The van der Waals surface area contributed by atoms with Crippen LogP contribution >= 0.6 is 0 Å². The number of carbonyl (C=O) groups is 1. The third-order valence-corrected chi connectivity index (χ3v) is 6.26. The van der Waals surface area contributed by atoms with Crippen LogP contribution in [0.15, 0.2) is 24.3 Å². The predicted molar refractivity (Wildman–Crippen MR) is 99.2 cm³/mol. The summed E-state index contributed by atoms with van der Waals surface area (Å²) in [5.74, 6) is 0.294. The van der Waals surface area contributed by atoms with Gasteiger partial charge >= 0.3 is 0 Å². The van der Waals surface area contributed by atoms with Gasteiger partial charge in [-0.1, -0.05) is 26.0 Å². The van der Waals surface area contributed by atoms with E-state index in [0.717, 1.165) is 6.42 Å². The van der Waals surface area contributed by atoms with Crippen molar-refractivity contribution in [1.82, 2.24) is 4.31 Å². The second-order valence-electron chi connectivity index (χ2n) is 6.35. The van der Waals surface area contributed by atoms with E-state index in [4.69, 9.17) is 4.74 Å². The monoisotopic (exact) mass is 368 g/mol. The lowest BCUT2D eigenvalue weighted by Crippen LogP contribution is -2.44. The molecule has 1 aromatic rings. The standard InChI is InChI=1S/C18H28N2O4S/c1-3-12-24-17-10-6-5-9-16(17)19-18(21)15-8-7-11-20(14-15)25(22,23)13-4-2/h5-6,9-10,15H,3-4,7-8,11-14H2,1-2H3,(H,19,21)/t15-/m1/s1. The highest BCUT2D eigenvalue weighted by atomic mass is 32.2. The first-order valence-corrected chi connectivity index (χ1v) is 10.6. The Hall–Kier alpha value is -1.60. The minimum Gasteiger partial charge on any atom is -0.491 e. The Kier molecular flexibility index (Phi) is 7.25. The van der Waals surface area contributed by atoms with Crippen LogP contribution in [0.25, 0.3) is 0 Å². The fourth-order valence-electron chi connectivity index (χ4n) is 2.94. The third kappa shape index (κ3) is 5.44. The quantitative estimate of drug-likeness (QED) is 0.765. The minimum atomic E-state index is -3.26. The van der Waals surface area contributed by atoms with E-state index in [9.17, 15) is 13.2 Å². The number of benzene rings is 1. The molecule has 0 spiro atoms. The molecule has 1 fully saturated rings. The van der Waals surface area contributed by atoms with Crippen molar-refractivity contribution in [2.75, 3.05) is 30.8 Å². The average molecular weight is 368 g/mol. The fourth-order valence-corrected chi connectivity index (χ4v) is 4.53. The number of hydrogen-bond acceptors (Lipinski definition) is 4. The lowest BCUT2D eigenvalue weighted by atomic mass is 9.98. The molecular formula is C18H28N2O4S. The number of piperidine rings is 1. The van der Waals surface area contributed by atoms with Crippen molar-refractivity contribution in [2.24, 2.45) is 5.92 Å². The van der Waals surface area contributed by atoms with E-state index in [-0.39, 0.29) is 24.1 Å². The SMILES string of the molecule is CCCOc1ccccc1NC(=O)[C@@H]1CCCN(S(=O)(=O)CCC)C1. The first-order valence-electron chi connectivity index (χ1n) is 8.98. The number of nitrogens with one attached hydrogen (secondary N) is 1. The molecule has 140 valence electrons. The maximum absolute atomic E-state index is 12.6. The van der Waals surface area contributed by atoms with E-state index >= 15 is 0 Å². The molecule has 1 saturated heterocycles. The van der Waals surface area contributed by atoms with Crippen LogP contribution < -0.4 is 10.1 Å². The van der Waals surface area contributed by atoms with Crippen LogP contribution in [0.4, 0.5) is 5.69 Å². The Balaban J connectivity index is 2.03. The number of carbonyl (C=O) groups excluding carboxylic acids is 1. The van der Waals surface area contributed by atoms with Gasteiger partial charge in [0.05, 0.1) is 24.0 Å². The summed E-state index contributed by atoms with van der Waals surface area (Å²) in [6.07, 6.45) is 2.87. The zero-order valence-electron chi connectivity index (χ0n) is 15.0. The predicted octanol–water partition coefficient (Wildman–Crippen LogP) is 2.87. The van der Waals surface area contributed by atoms with Crippen molar-refractivity contribution >= 4 is 21.6 Å². The van der Waals surface area contributed by atoms with Gasteiger partial charge in [-0.15, -0.1) is 0 Å². The first kappa shape index (κ1) is 19.7. The maximum atomic E-state index is 12.6. The zero-order valence-corrected chi connectivity index (χ0v) is 15.8. The summed E-state index contributed by atoms with van der Waals surface area (Å²) in [7, 11) is -3.26. The lowest BCUT2D eigenvalue weighted by molar-refractivity contribution is -0.120. The molecule has 1 aliphatic rings. The molecule has 0 unspecified atom stereocenters. The smallest absolute Gasteiger partial charge is 0.228 e. The summed E-state index contributed by atoms with van der Waals surface area (Å²) in [5, 5.41) is 2.91. The molecule has 25 heavy (non-hydrogen) atoms. The molecule has 0 saturated carbocycles. The molecule has 1 N–H and O–H groups in total. The van der Waals surface area contributed by atoms with E-state index < -0.39 is 10.0 Å². The molecule has 1 aliphatic heterocycles. The van der Waals surface area contributed by atoms with Gasteiger partial charge in [0.25, 0.3) is 0 Å². The maximum Gasteiger partial charge on any atom is 0.228 e. The number of ether oxygens (including phenoxy) is 1. The summed E-state index contributed by atoms with van der Waals surface area (Å²) in [5.41, 5.74) is 0.634. The summed E-state index contributed by atoms with van der Waals surface area (Å²) in [6.45, 7) is 5.21. The van der Waals surface area contributed by atoms with E-state index in [1.165, 1.54) is 4.31 Å². The van der Waals surface area contributed by atoms with E-state index in [0.29, 0.717) is 43.9 Å². The highest BCUT2D eigenvalue weighted by molar-refractivity contribution is 7.89. The molecule has 0 radical (unpaired) electrons. The van der Waals surface area contributed by atoms with Gasteiger partial charge in [0.1, 0.15) is 5.75 Å². The van der Waals surface area contributed by atoms with Crippen LogP contribution in [0.5, 0.6) is 5.75 Å². The van der Waals surface area contributed by atoms with Gasteiger partial charge in [-0.3, -0.25) is 4.79 Å². The molecule has 1 amide bonds. The molecule has 0 aliphatic carbocycles. The van der Waals surface area contributed by atoms with Crippen molar-refractivity contribution < 1.29 is 17.9 Å². The minimum absolute atomic E-state index is 0.134. The number of hydrogen-bond donors (Lipinski definition) is 1. The Bertz CT molecular complexity index is 675. The van der Waals surface area contributed by atoms with Crippen molar-refractivity contribution in [2.45, 2.75) is 39.5 Å². The first-order chi connectivity index (χ1) is 12.0. The second-order valence-corrected chi connectivity index (χ2v) is 8.44. The Labute approximate surface area is 150 Å². The molecule has 0 bridgehead atoms. The molecule has 2 rings (SSSR count). The summed E-state index contributed by atoms with van der Waals surface area (Å²) < 4.78 is 31.6. The van der Waals surface area contributed by atoms with E-state index in [1.807, 2.05) is 32.0 Å². The molecule has 1 atom stereocenters. The van der Waals surface area contributed by atoms with Crippen molar-refractivity contribution in [3.05, 3.63) is 24.3 Å². The number of nitrogens with zero attached hydrogens (tertiary/aromatic N) is 1. The van der Waals surface area contributed by atoms with Crippen LogP contribution in [0.2, 0.25) is 0 Å². The number of amides is 1. The number of para-hydroxylation sites is 2. The van der Waals surface area contributed by atoms with E-state index in [1.54, 1.807) is 6.07 Å². The van der Waals surface area contributed by atoms with Crippen molar-refractivity contribution in [3.63, 3.8) is 0 Å². The largest absolute Gasteiger partial charge is 0.491 e. The molecule has 7 heteroatoms. The van der Waals surface area contributed by atoms with Gasteiger partial charge in [0, 0.05) is 13.1 Å². The molecule has 1 aromatic carbocycles. The van der Waals surface area contributed by atoms with Crippen LogP contribution in [0.1, 0.15) is 39.5 Å². The highest BCUT2D eigenvalue weighted by Gasteiger charge is 2.32. The van der Waals surface area contributed by atoms with E-state index in [2.05, 4.69) is 5.32 Å². The zero-order chi connectivity index (χ0) is 18.3. The van der Waals surface area contributed by atoms with Gasteiger partial charge in [-0.2, -0.15) is 0 Å². The second kappa shape index (κ2) is 9.20. The van der Waals surface area contributed by atoms with Gasteiger partial charge in [0.15, 0.2) is 0 Å². The third-order valence-electron chi connectivity index (χ3n) is 4.22. The van der Waals surface area contributed by atoms with Crippen LogP contribution in [-0.4, -0.2) is 44.1 Å². The van der Waals surface area contributed by atoms with Crippen LogP contribution in [0.3, 0.4) is 0 Å². The van der Waals surface area contributed by atoms with Gasteiger partial charge in [-0.25, -0.2) is 12.7 Å². The molecule has 0 aromatic heterocycles. The molecular weight excluding hydrogens is 340 g/mol. The fraction of sp³-hybridized carbons (Fsp3) is 0.611. The van der Waals surface area contributed by atoms with Crippen molar-refractivity contribution in [3.8, 4) is 5.75 Å². The van der Waals surface area contributed by atoms with Gasteiger partial charge < -0.3 is 10.1 Å². The average Bonchev–Trinajstić information content (AvgIpc) is 2.61. The number of rotatable bonds is 8. The highest BCUT2D eigenvalue weighted by Crippen LogP contribution is 2.26. The normalized spacial score (nSPS) is 18.7. The summed E-state index contributed by atoms with van der Waals surface area (Å²) in [4.78, 5) is 12.6. The van der Waals surface area contributed by atoms with Crippen LogP contribution in [-0.2, 0) is 14.8 Å². The van der Waals surface area contributed by atoms with Crippen LogP contribution in [0, 0.1) is 5.92 Å². The van der Waals surface area contributed by atoms with Gasteiger partial charge in [0.2, 0.25) is 15.9 Å². The number of sulfonamides is 1. The molecule has 6 nitrogen and oxygen atoms in total. The summed E-state index contributed by atoms with van der Waals surface area (Å²) in [6, 6.07) is 7.33. The topological polar surface area (TPSA) is 75.7 Å². The number of anilines is 1. The Morgan fingerprint density at radius 3 is 2.76 bits per heavy atom. The lowest BCUT2D eigenvalue weighted by Gasteiger charge is -2.31. The Morgan fingerprint density at radius 1 is 1.28 bits per heavy atom.